The largest absolute Gasteiger partial charge is 0.313 e. The lowest BCUT2D eigenvalue weighted by Gasteiger charge is -2.37. The SMILES string of the molecule is CNC(c1cccc(C)c1I)C1CCC(C)C(C)C1. The van der Waals surface area contributed by atoms with E-state index in [9.17, 15) is 0 Å². The van der Waals surface area contributed by atoms with Gasteiger partial charge in [0.1, 0.15) is 0 Å². The van der Waals surface area contributed by atoms with E-state index in [-0.39, 0.29) is 0 Å². The third-order valence-corrected chi connectivity index (χ3v) is 6.45. The van der Waals surface area contributed by atoms with Crippen molar-refractivity contribution in [3.05, 3.63) is 32.9 Å². The Kier molecular flexibility index (Phi) is 5.29. The Morgan fingerprint density at radius 2 is 1.95 bits per heavy atom. The monoisotopic (exact) mass is 371 g/mol. The summed E-state index contributed by atoms with van der Waals surface area (Å²) in [7, 11) is 2.12. The summed E-state index contributed by atoms with van der Waals surface area (Å²) in [4.78, 5) is 0. The van der Waals surface area contributed by atoms with Gasteiger partial charge in [0.05, 0.1) is 0 Å². The lowest BCUT2D eigenvalue weighted by atomic mass is 9.72. The fraction of sp³-hybridized carbons (Fsp3) is 0.647. The summed E-state index contributed by atoms with van der Waals surface area (Å²) in [5.41, 5.74) is 2.89. The van der Waals surface area contributed by atoms with E-state index >= 15 is 0 Å². The van der Waals surface area contributed by atoms with Gasteiger partial charge in [0.2, 0.25) is 0 Å². The van der Waals surface area contributed by atoms with Crippen LogP contribution in [0, 0.1) is 28.2 Å². The molecule has 0 spiro atoms. The highest BCUT2D eigenvalue weighted by atomic mass is 127. The molecule has 4 unspecified atom stereocenters. The number of hydrogen-bond donors (Lipinski definition) is 1. The van der Waals surface area contributed by atoms with Crippen LogP contribution in [-0.2, 0) is 0 Å². The third kappa shape index (κ3) is 3.33. The van der Waals surface area contributed by atoms with Crippen LogP contribution in [0.5, 0.6) is 0 Å². The van der Waals surface area contributed by atoms with E-state index in [1.54, 1.807) is 0 Å². The van der Waals surface area contributed by atoms with Crippen LogP contribution < -0.4 is 5.32 Å². The van der Waals surface area contributed by atoms with Crippen LogP contribution in [0.2, 0.25) is 0 Å². The molecule has 4 atom stereocenters. The molecule has 0 aromatic heterocycles. The first-order valence-corrected chi connectivity index (χ1v) is 8.54. The van der Waals surface area contributed by atoms with Crippen molar-refractivity contribution in [3.63, 3.8) is 0 Å². The van der Waals surface area contributed by atoms with Gasteiger partial charge in [0.15, 0.2) is 0 Å². The standard InChI is InChI=1S/C17H26IN/c1-11-8-9-14(10-13(11)3)17(19-4)15-7-5-6-12(2)16(15)18/h5-7,11,13-14,17,19H,8-10H2,1-4H3. The van der Waals surface area contributed by atoms with E-state index in [4.69, 9.17) is 0 Å². The summed E-state index contributed by atoms with van der Waals surface area (Å²) in [5.74, 6) is 2.54. The number of aryl methyl sites for hydroxylation is 1. The molecule has 106 valence electrons. The van der Waals surface area contributed by atoms with Crippen molar-refractivity contribution in [3.8, 4) is 0 Å². The van der Waals surface area contributed by atoms with Crippen LogP contribution in [-0.4, -0.2) is 7.05 Å². The fourth-order valence-electron chi connectivity index (χ4n) is 3.45. The molecule has 2 rings (SSSR count). The van der Waals surface area contributed by atoms with Crippen LogP contribution in [0.1, 0.15) is 50.3 Å². The van der Waals surface area contributed by atoms with E-state index in [0.29, 0.717) is 6.04 Å². The normalized spacial score (nSPS) is 29.2. The van der Waals surface area contributed by atoms with Gasteiger partial charge in [0.25, 0.3) is 0 Å². The maximum absolute atomic E-state index is 3.59. The molecule has 0 aliphatic heterocycles. The van der Waals surface area contributed by atoms with Crippen molar-refractivity contribution < 1.29 is 0 Å². The minimum Gasteiger partial charge on any atom is -0.313 e. The lowest BCUT2D eigenvalue weighted by molar-refractivity contribution is 0.174. The Morgan fingerprint density at radius 3 is 2.58 bits per heavy atom. The van der Waals surface area contributed by atoms with Crippen molar-refractivity contribution in [1.82, 2.24) is 5.32 Å². The number of hydrogen-bond acceptors (Lipinski definition) is 1. The first-order chi connectivity index (χ1) is 9.04. The topological polar surface area (TPSA) is 12.0 Å². The highest BCUT2D eigenvalue weighted by molar-refractivity contribution is 14.1. The molecule has 1 aliphatic rings. The minimum absolute atomic E-state index is 0.516. The summed E-state index contributed by atoms with van der Waals surface area (Å²) in [6, 6.07) is 7.23. The molecule has 19 heavy (non-hydrogen) atoms. The Balaban J connectivity index is 2.22. The van der Waals surface area contributed by atoms with Crippen LogP contribution in [0.4, 0.5) is 0 Å². The molecular formula is C17H26IN. The molecule has 0 bridgehead atoms. The molecule has 1 aromatic rings. The molecule has 2 heteroatoms. The van der Waals surface area contributed by atoms with Gasteiger partial charge in [-0.25, -0.2) is 0 Å². The van der Waals surface area contributed by atoms with Crippen LogP contribution >= 0.6 is 22.6 Å². The van der Waals surface area contributed by atoms with Gasteiger partial charge in [-0.3, -0.25) is 0 Å². The maximum atomic E-state index is 3.59. The maximum Gasteiger partial charge on any atom is 0.0356 e. The highest BCUT2D eigenvalue weighted by Gasteiger charge is 2.31. The molecule has 1 saturated carbocycles. The van der Waals surface area contributed by atoms with Gasteiger partial charge < -0.3 is 5.32 Å². The van der Waals surface area contributed by atoms with E-state index in [1.807, 2.05) is 0 Å². The second-order valence-corrected chi connectivity index (χ2v) is 7.35. The second-order valence-electron chi connectivity index (χ2n) is 6.27. The zero-order valence-electron chi connectivity index (χ0n) is 12.5. The van der Waals surface area contributed by atoms with Crippen molar-refractivity contribution in [1.29, 1.82) is 0 Å². The highest BCUT2D eigenvalue weighted by Crippen LogP contribution is 2.40. The molecule has 1 fully saturated rings. The van der Waals surface area contributed by atoms with Crippen molar-refractivity contribution >= 4 is 22.6 Å². The zero-order chi connectivity index (χ0) is 14.0. The van der Waals surface area contributed by atoms with Crippen LogP contribution in [0.15, 0.2) is 18.2 Å². The Hall–Kier alpha value is -0.0900. The predicted octanol–water partition coefficient (Wildman–Crippen LogP) is 4.93. The average Bonchev–Trinajstić information content (AvgIpc) is 2.39. The van der Waals surface area contributed by atoms with E-state index in [1.165, 1.54) is 34.0 Å². The molecule has 1 aromatic carbocycles. The summed E-state index contributed by atoms with van der Waals surface area (Å²) in [5, 5.41) is 3.59. The first-order valence-electron chi connectivity index (χ1n) is 7.46. The molecule has 0 saturated heterocycles. The van der Waals surface area contributed by atoms with Gasteiger partial charge in [-0.2, -0.15) is 0 Å². The van der Waals surface area contributed by atoms with E-state index in [0.717, 1.165) is 17.8 Å². The smallest absolute Gasteiger partial charge is 0.0356 e. The molecule has 1 aliphatic carbocycles. The van der Waals surface area contributed by atoms with Gasteiger partial charge in [-0.05, 0) is 78.3 Å². The van der Waals surface area contributed by atoms with Gasteiger partial charge >= 0.3 is 0 Å². The molecule has 0 radical (unpaired) electrons. The lowest BCUT2D eigenvalue weighted by Crippen LogP contribution is -2.32. The van der Waals surface area contributed by atoms with Crippen molar-refractivity contribution in [2.24, 2.45) is 17.8 Å². The Morgan fingerprint density at radius 1 is 1.21 bits per heavy atom. The minimum atomic E-state index is 0.516. The second kappa shape index (κ2) is 6.57. The van der Waals surface area contributed by atoms with Crippen LogP contribution in [0.25, 0.3) is 0 Å². The quantitative estimate of drug-likeness (QED) is 0.743. The number of rotatable bonds is 3. The van der Waals surface area contributed by atoms with Crippen LogP contribution in [0.3, 0.4) is 0 Å². The fourth-order valence-corrected chi connectivity index (χ4v) is 4.14. The summed E-state index contributed by atoms with van der Waals surface area (Å²) in [6.45, 7) is 7.04. The molecule has 0 heterocycles. The molecule has 0 amide bonds. The summed E-state index contributed by atoms with van der Waals surface area (Å²) in [6.07, 6.45) is 4.10. The van der Waals surface area contributed by atoms with Crippen molar-refractivity contribution in [2.45, 2.75) is 46.1 Å². The first kappa shape index (κ1) is 15.3. The van der Waals surface area contributed by atoms with Crippen molar-refractivity contribution in [2.75, 3.05) is 7.05 Å². The Labute approximate surface area is 131 Å². The summed E-state index contributed by atoms with van der Waals surface area (Å²) < 4.78 is 1.44. The summed E-state index contributed by atoms with van der Waals surface area (Å²) >= 11 is 2.51. The third-order valence-electron chi connectivity index (χ3n) is 4.98. The number of nitrogens with one attached hydrogen (secondary N) is 1. The van der Waals surface area contributed by atoms with E-state index < -0.39 is 0 Å². The average molecular weight is 371 g/mol. The number of benzene rings is 1. The predicted molar refractivity (Wildman–Crippen MR) is 91.4 cm³/mol. The van der Waals surface area contributed by atoms with Gasteiger partial charge in [-0.15, -0.1) is 0 Å². The number of halogens is 1. The van der Waals surface area contributed by atoms with E-state index in [2.05, 4.69) is 73.9 Å². The zero-order valence-corrected chi connectivity index (χ0v) is 14.7. The Bertz CT molecular complexity index is 429. The molecule has 1 N–H and O–H groups in total. The molecular weight excluding hydrogens is 345 g/mol. The van der Waals surface area contributed by atoms with Gasteiger partial charge in [-0.1, -0.05) is 38.5 Å². The van der Waals surface area contributed by atoms with Gasteiger partial charge in [0, 0.05) is 9.61 Å². The molecule has 1 nitrogen and oxygen atoms in total.